The van der Waals surface area contributed by atoms with Crippen LogP contribution in [0.25, 0.3) is 0 Å². The predicted molar refractivity (Wildman–Crippen MR) is 75.9 cm³/mol. The maximum atomic E-state index is 13.2. The van der Waals surface area contributed by atoms with Gasteiger partial charge in [-0.05, 0) is 25.5 Å². The number of sulfonamides is 1. The molecule has 2 fully saturated rings. The normalized spacial score (nSPS) is 29.5. The first-order valence-corrected chi connectivity index (χ1v) is 8.66. The summed E-state index contributed by atoms with van der Waals surface area (Å²) in [5, 5.41) is 0. The lowest BCUT2D eigenvalue weighted by Gasteiger charge is -2.33. The van der Waals surface area contributed by atoms with Gasteiger partial charge in [0.15, 0.2) is 0 Å². The minimum atomic E-state index is -3.94. The number of hydrogen-bond donors (Lipinski definition) is 1. The van der Waals surface area contributed by atoms with Crippen LogP contribution in [0.4, 0.5) is 8.78 Å². The Balaban J connectivity index is 1.72. The highest BCUT2D eigenvalue weighted by Gasteiger charge is 2.38. The van der Waals surface area contributed by atoms with Crippen molar-refractivity contribution in [2.75, 3.05) is 19.7 Å². The van der Waals surface area contributed by atoms with E-state index in [4.69, 9.17) is 4.74 Å². The van der Waals surface area contributed by atoms with E-state index in [-0.39, 0.29) is 23.1 Å². The van der Waals surface area contributed by atoms with Gasteiger partial charge in [0.05, 0.1) is 17.6 Å². The Morgan fingerprint density at radius 3 is 2.59 bits per heavy atom. The summed E-state index contributed by atoms with van der Waals surface area (Å²) in [4.78, 5) is 1.80. The first-order valence-electron chi connectivity index (χ1n) is 7.17. The van der Waals surface area contributed by atoms with Crippen LogP contribution in [0.3, 0.4) is 0 Å². The van der Waals surface area contributed by atoms with Crippen LogP contribution in [0, 0.1) is 11.6 Å². The van der Waals surface area contributed by atoms with Gasteiger partial charge in [-0.1, -0.05) is 0 Å². The molecule has 0 unspecified atom stereocenters. The van der Waals surface area contributed by atoms with Crippen LogP contribution >= 0.6 is 0 Å². The molecule has 0 amide bonds. The van der Waals surface area contributed by atoms with E-state index in [1.807, 2.05) is 6.92 Å². The Morgan fingerprint density at radius 2 is 1.91 bits per heavy atom. The van der Waals surface area contributed by atoms with Crippen LogP contribution < -0.4 is 4.72 Å². The average Bonchev–Trinajstić information content (AvgIpc) is 2.78. The molecule has 2 saturated heterocycles. The van der Waals surface area contributed by atoms with Crippen LogP contribution in [0.15, 0.2) is 23.1 Å². The first kappa shape index (κ1) is 15.8. The molecule has 22 heavy (non-hydrogen) atoms. The third kappa shape index (κ3) is 3.29. The number of ether oxygens (including phenoxy) is 1. The largest absolute Gasteiger partial charge is 0.376 e. The van der Waals surface area contributed by atoms with Crippen LogP contribution in [0.2, 0.25) is 0 Å². The highest BCUT2D eigenvalue weighted by molar-refractivity contribution is 7.89. The topological polar surface area (TPSA) is 58.6 Å². The Hall–Kier alpha value is -1.09. The Bertz CT molecular complexity index is 648. The Kier molecular flexibility index (Phi) is 4.19. The van der Waals surface area contributed by atoms with Crippen molar-refractivity contribution in [2.45, 2.75) is 36.4 Å². The Morgan fingerprint density at radius 1 is 1.23 bits per heavy atom. The number of nitrogens with one attached hydrogen (secondary N) is 1. The smallest absolute Gasteiger partial charge is 0.241 e. The second-order valence-corrected chi connectivity index (χ2v) is 7.62. The van der Waals surface area contributed by atoms with Crippen LogP contribution in [0.5, 0.6) is 0 Å². The quantitative estimate of drug-likeness (QED) is 0.901. The second-order valence-electron chi connectivity index (χ2n) is 5.91. The van der Waals surface area contributed by atoms with E-state index in [2.05, 4.69) is 9.62 Å². The number of halogens is 2. The van der Waals surface area contributed by atoms with Gasteiger partial charge in [-0.3, -0.25) is 4.90 Å². The lowest BCUT2D eigenvalue weighted by Crippen LogP contribution is -2.45. The summed E-state index contributed by atoms with van der Waals surface area (Å²) in [6.07, 6.45) is 0.757. The molecule has 2 aliphatic rings. The van der Waals surface area contributed by atoms with Gasteiger partial charge < -0.3 is 4.74 Å². The Labute approximate surface area is 128 Å². The summed E-state index contributed by atoms with van der Waals surface area (Å²) >= 11 is 0. The van der Waals surface area contributed by atoms with Crippen LogP contribution in [-0.4, -0.2) is 51.2 Å². The van der Waals surface area contributed by atoms with Gasteiger partial charge in [0.2, 0.25) is 10.0 Å². The molecule has 3 atom stereocenters. The van der Waals surface area contributed by atoms with E-state index in [1.165, 1.54) is 0 Å². The molecule has 1 aromatic carbocycles. The van der Waals surface area contributed by atoms with E-state index in [1.54, 1.807) is 0 Å². The van der Waals surface area contributed by atoms with Crippen molar-refractivity contribution in [1.82, 2.24) is 9.62 Å². The zero-order valence-corrected chi connectivity index (χ0v) is 12.9. The summed E-state index contributed by atoms with van der Waals surface area (Å²) in [6.45, 7) is 3.89. The monoisotopic (exact) mass is 332 g/mol. The van der Waals surface area contributed by atoms with E-state index in [9.17, 15) is 17.2 Å². The zero-order chi connectivity index (χ0) is 15.9. The molecule has 0 saturated carbocycles. The molecule has 8 heteroatoms. The number of morpholine rings is 1. The van der Waals surface area contributed by atoms with Crippen molar-refractivity contribution in [2.24, 2.45) is 0 Å². The number of rotatable bonds is 3. The number of hydrogen-bond acceptors (Lipinski definition) is 4. The van der Waals surface area contributed by atoms with E-state index in [0.717, 1.165) is 18.7 Å². The molecule has 3 rings (SSSR count). The molecule has 0 aliphatic carbocycles. The molecule has 2 heterocycles. The van der Waals surface area contributed by atoms with Crippen LogP contribution in [-0.2, 0) is 14.8 Å². The van der Waals surface area contributed by atoms with Gasteiger partial charge in [-0.25, -0.2) is 21.9 Å². The minimum Gasteiger partial charge on any atom is -0.376 e. The van der Waals surface area contributed by atoms with Gasteiger partial charge in [0.1, 0.15) is 11.6 Å². The molecule has 1 N–H and O–H groups in total. The summed E-state index contributed by atoms with van der Waals surface area (Å²) in [6, 6.07) is 2.19. The molecule has 122 valence electrons. The van der Waals surface area contributed by atoms with Crippen molar-refractivity contribution in [3.05, 3.63) is 29.8 Å². The van der Waals surface area contributed by atoms with Gasteiger partial charge in [-0.2, -0.15) is 0 Å². The zero-order valence-electron chi connectivity index (χ0n) is 12.1. The van der Waals surface area contributed by atoms with E-state index >= 15 is 0 Å². The van der Waals surface area contributed by atoms with Crippen molar-refractivity contribution in [3.8, 4) is 0 Å². The predicted octanol–water partition coefficient (Wildman–Crippen LogP) is 1.10. The summed E-state index contributed by atoms with van der Waals surface area (Å²) < 4.78 is 59.0. The average molecular weight is 332 g/mol. The van der Waals surface area contributed by atoms with Crippen molar-refractivity contribution >= 4 is 10.0 Å². The van der Waals surface area contributed by atoms with E-state index < -0.39 is 21.7 Å². The highest BCUT2D eigenvalue weighted by atomic mass is 32.2. The summed E-state index contributed by atoms with van der Waals surface area (Å²) in [5.41, 5.74) is 0. The number of fused-ring (bicyclic) bond motifs is 1. The maximum Gasteiger partial charge on any atom is 0.241 e. The van der Waals surface area contributed by atoms with Crippen molar-refractivity contribution in [1.29, 1.82) is 0 Å². The van der Waals surface area contributed by atoms with E-state index in [0.29, 0.717) is 25.6 Å². The fourth-order valence-electron chi connectivity index (χ4n) is 3.10. The number of nitrogens with zero attached hydrogens (tertiary/aromatic N) is 1. The minimum absolute atomic E-state index is 0.129. The fourth-order valence-corrected chi connectivity index (χ4v) is 4.38. The van der Waals surface area contributed by atoms with Gasteiger partial charge in [0.25, 0.3) is 0 Å². The number of benzene rings is 1. The highest BCUT2D eigenvalue weighted by Crippen LogP contribution is 2.24. The lowest BCUT2D eigenvalue weighted by molar-refractivity contribution is -0.0390. The lowest BCUT2D eigenvalue weighted by atomic mass is 10.2. The second kappa shape index (κ2) is 5.84. The first-order chi connectivity index (χ1) is 10.3. The maximum absolute atomic E-state index is 13.2. The van der Waals surface area contributed by atoms with Crippen molar-refractivity contribution < 1.29 is 21.9 Å². The molecule has 0 radical (unpaired) electrons. The van der Waals surface area contributed by atoms with Gasteiger partial charge >= 0.3 is 0 Å². The molecule has 0 bridgehead atoms. The molecule has 5 nitrogen and oxygen atoms in total. The fraction of sp³-hybridized carbons (Fsp3) is 0.571. The molecular weight excluding hydrogens is 314 g/mol. The van der Waals surface area contributed by atoms with Gasteiger partial charge in [-0.15, -0.1) is 0 Å². The molecule has 2 aliphatic heterocycles. The third-order valence-electron chi connectivity index (χ3n) is 4.06. The summed E-state index contributed by atoms with van der Waals surface area (Å²) in [5.74, 6) is -1.82. The van der Waals surface area contributed by atoms with Crippen molar-refractivity contribution in [3.63, 3.8) is 0 Å². The van der Waals surface area contributed by atoms with Gasteiger partial charge in [0, 0.05) is 31.2 Å². The SMILES string of the molecule is C[C@@H]1CN2C[C@@H](NS(=O)(=O)c3cc(F)cc(F)c3)C[C@H]2CO1. The molecular formula is C14H18F2N2O3S. The standard InChI is InChI=1S/C14H18F2N2O3S/c1-9-6-18-7-12(5-13(18)8-21-9)17-22(19,20)14-3-10(15)2-11(16)4-14/h2-4,9,12-13,17H,5-8H2,1H3/t9-,12+,13+/m1/s1. The van der Waals surface area contributed by atoms with Crippen LogP contribution in [0.1, 0.15) is 13.3 Å². The molecule has 1 aromatic rings. The molecule has 0 aromatic heterocycles. The summed E-state index contributed by atoms with van der Waals surface area (Å²) in [7, 11) is -3.94. The third-order valence-corrected chi connectivity index (χ3v) is 5.56. The molecule has 0 spiro atoms.